The van der Waals surface area contributed by atoms with Crippen molar-refractivity contribution in [2.24, 2.45) is 17.3 Å². The fourth-order valence-corrected chi connectivity index (χ4v) is 6.73. The van der Waals surface area contributed by atoms with E-state index in [4.69, 9.17) is 0 Å². The molecular formula is C20H24BrN3O2. The number of carbonyl (C=O) groups excluding carboxylic acids is 1. The third-order valence-corrected chi connectivity index (χ3v) is 7.27. The molecule has 4 fully saturated rings. The normalized spacial score (nSPS) is 35.2. The highest BCUT2D eigenvalue weighted by Gasteiger charge is 2.56. The zero-order valence-electron chi connectivity index (χ0n) is 14.7. The summed E-state index contributed by atoms with van der Waals surface area (Å²) in [5.41, 5.74) is 1.17. The molecule has 0 saturated heterocycles. The lowest BCUT2D eigenvalue weighted by atomic mass is 9.47. The van der Waals surface area contributed by atoms with Crippen LogP contribution < -0.4 is 5.32 Å². The van der Waals surface area contributed by atoms with Crippen LogP contribution in [0.3, 0.4) is 0 Å². The number of hydrogen-bond acceptors (Lipinski definition) is 3. The molecule has 4 aliphatic carbocycles. The van der Waals surface area contributed by atoms with Gasteiger partial charge in [0.15, 0.2) is 0 Å². The predicted molar refractivity (Wildman–Crippen MR) is 103 cm³/mol. The van der Waals surface area contributed by atoms with Crippen LogP contribution in [0.15, 0.2) is 22.9 Å². The fourth-order valence-electron chi connectivity index (χ4n) is 6.40. The van der Waals surface area contributed by atoms with Crippen molar-refractivity contribution in [3.63, 3.8) is 0 Å². The lowest BCUT2D eigenvalue weighted by Crippen LogP contribution is -2.56. The van der Waals surface area contributed by atoms with Crippen LogP contribution in [-0.2, 0) is 0 Å². The minimum absolute atomic E-state index is 0.0559. The molecule has 138 valence electrons. The Balaban J connectivity index is 1.27. The standard InChI is InChI=1S/C20H24BrN3O2/c21-14-4-15-16(10-24-17(15)23-9-14)18(25)22-2-1-19-5-12-3-13(6-19)8-20(26,7-12)11-19/h4,9-10,12-13,26H,1-3,5-8,11H2,(H,22,25)(H,23,24). The van der Waals surface area contributed by atoms with Gasteiger partial charge < -0.3 is 15.4 Å². The number of nitrogens with one attached hydrogen (secondary N) is 2. The Kier molecular flexibility index (Phi) is 3.73. The Morgan fingerprint density at radius 2 is 2.12 bits per heavy atom. The van der Waals surface area contributed by atoms with Crippen LogP contribution >= 0.6 is 15.9 Å². The van der Waals surface area contributed by atoms with Crippen LogP contribution in [0, 0.1) is 17.3 Å². The summed E-state index contributed by atoms with van der Waals surface area (Å²) in [4.78, 5) is 20.0. The molecule has 3 N–H and O–H groups in total. The Morgan fingerprint density at radius 3 is 2.85 bits per heavy atom. The van der Waals surface area contributed by atoms with Gasteiger partial charge in [-0.25, -0.2) is 4.98 Å². The van der Waals surface area contributed by atoms with Crippen LogP contribution in [-0.4, -0.2) is 33.1 Å². The van der Waals surface area contributed by atoms with Crippen molar-refractivity contribution in [2.75, 3.05) is 6.54 Å². The second-order valence-electron chi connectivity index (χ2n) is 8.94. The molecule has 0 radical (unpaired) electrons. The van der Waals surface area contributed by atoms with Gasteiger partial charge in [0.05, 0.1) is 11.2 Å². The fraction of sp³-hybridized carbons (Fsp3) is 0.600. The minimum atomic E-state index is -0.428. The molecule has 0 aliphatic heterocycles. The number of halogens is 1. The molecule has 4 aliphatic rings. The topological polar surface area (TPSA) is 78.0 Å². The number of amides is 1. The Morgan fingerprint density at radius 1 is 1.35 bits per heavy atom. The minimum Gasteiger partial charge on any atom is -0.390 e. The lowest BCUT2D eigenvalue weighted by Gasteiger charge is -2.60. The van der Waals surface area contributed by atoms with Crippen molar-refractivity contribution in [3.05, 3.63) is 28.5 Å². The Bertz CT molecular complexity index is 863. The molecule has 2 aromatic rings. The molecule has 0 aromatic carbocycles. The van der Waals surface area contributed by atoms with Gasteiger partial charge >= 0.3 is 0 Å². The van der Waals surface area contributed by atoms with Crippen molar-refractivity contribution in [2.45, 2.75) is 50.5 Å². The molecule has 4 bridgehead atoms. The average Bonchev–Trinajstić information content (AvgIpc) is 2.95. The number of aromatic nitrogens is 2. The number of hydrogen-bond donors (Lipinski definition) is 3. The van der Waals surface area contributed by atoms with E-state index in [0.717, 1.165) is 41.2 Å². The summed E-state index contributed by atoms with van der Waals surface area (Å²) in [7, 11) is 0. The first-order chi connectivity index (χ1) is 12.4. The summed E-state index contributed by atoms with van der Waals surface area (Å²) in [6, 6.07) is 1.92. The molecule has 26 heavy (non-hydrogen) atoms. The highest BCUT2D eigenvalue weighted by molar-refractivity contribution is 9.10. The van der Waals surface area contributed by atoms with E-state index in [-0.39, 0.29) is 11.3 Å². The van der Waals surface area contributed by atoms with Crippen LogP contribution in [0.2, 0.25) is 0 Å². The van der Waals surface area contributed by atoms with E-state index >= 15 is 0 Å². The van der Waals surface area contributed by atoms with Gasteiger partial charge in [-0.2, -0.15) is 0 Å². The lowest BCUT2D eigenvalue weighted by molar-refractivity contribution is -0.165. The van der Waals surface area contributed by atoms with Crippen LogP contribution in [0.1, 0.15) is 55.3 Å². The zero-order chi connectivity index (χ0) is 17.9. The predicted octanol–water partition coefficient (Wildman–Crippen LogP) is 3.78. The number of fused-ring (bicyclic) bond motifs is 1. The molecule has 0 spiro atoms. The number of carbonyl (C=O) groups is 1. The average molecular weight is 418 g/mol. The van der Waals surface area contributed by atoms with Crippen LogP contribution in [0.4, 0.5) is 0 Å². The third-order valence-electron chi connectivity index (χ3n) is 6.83. The number of rotatable bonds is 4. The second-order valence-corrected chi connectivity index (χ2v) is 9.86. The first kappa shape index (κ1) is 16.8. The van der Waals surface area contributed by atoms with Crippen molar-refractivity contribution in [1.82, 2.24) is 15.3 Å². The zero-order valence-corrected chi connectivity index (χ0v) is 16.3. The molecule has 6 rings (SSSR count). The van der Waals surface area contributed by atoms with E-state index in [0.29, 0.717) is 23.9 Å². The van der Waals surface area contributed by atoms with Crippen molar-refractivity contribution in [3.8, 4) is 0 Å². The maximum absolute atomic E-state index is 12.7. The summed E-state index contributed by atoms with van der Waals surface area (Å²) >= 11 is 3.42. The smallest absolute Gasteiger partial charge is 0.253 e. The van der Waals surface area contributed by atoms with E-state index in [1.54, 1.807) is 12.4 Å². The molecular weight excluding hydrogens is 394 g/mol. The van der Waals surface area contributed by atoms with E-state index < -0.39 is 5.60 Å². The van der Waals surface area contributed by atoms with E-state index in [9.17, 15) is 9.90 Å². The van der Waals surface area contributed by atoms with Gasteiger partial charge in [-0.3, -0.25) is 4.79 Å². The molecule has 4 saturated carbocycles. The van der Waals surface area contributed by atoms with Crippen LogP contribution in [0.5, 0.6) is 0 Å². The Labute approximate surface area is 161 Å². The third kappa shape index (κ3) is 2.78. The largest absolute Gasteiger partial charge is 0.390 e. The summed E-state index contributed by atoms with van der Waals surface area (Å²) in [5, 5.41) is 14.8. The van der Waals surface area contributed by atoms with Crippen molar-refractivity contribution >= 4 is 32.9 Å². The molecule has 6 heteroatoms. The number of nitrogens with zero attached hydrogens (tertiary/aromatic N) is 1. The number of aliphatic hydroxyl groups is 1. The van der Waals surface area contributed by atoms with Crippen molar-refractivity contribution < 1.29 is 9.90 Å². The molecule has 2 heterocycles. The quantitative estimate of drug-likeness (QED) is 0.707. The van der Waals surface area contributed by atoms with Gasteiger partial charge in [-0.15, -0.1) is 0 Å². The van der Waals surface area contributed by atoms with Gasteiger partial charge in [0, 0.05) is 28.8 Å². The van der Waals surface area contributed by atoms with Gasteiger partial charge in [-0.05, 0) is 84.2 Å². The highest BCUT2D eigenvalue weighted by Crippen LogP contribution is 2.62. The van der Waals surface area contributed by atoms with E-state index in [2.05, 4.69) is 31.2 Å². The van der Waals surface area contributed by atoms with Gasteiger partial charge in [0.1, 0.15) is 5.65 Å². The Hall–Kier alpha value is -1.40. The molecule has 2 aromatic heterocycles. The number of aromatic amines is 1. The SMILES string of the molecule is O=C(NCCC12CC3CC(CC(O)(C3)C1)C2)c1c[nH]c2ncc(Br)cc12. The molecule has 5 nitrogen and oxygen atoms in total. The van der Waals surface area contributed by atoms with E-state index in [1.165, 1.54) is 19.3 Å². The van der Waals surface area contributed by atoms with Gasteiger partial charge in [-0.1, -0.05) is 0 Å². The monoisotopic (exact) mass is 417 g/mol. The first-order valence-corrected chi connectivity index (χ1v) is 10.4. The van der Waals surface area contributed by atoms with Crippen molar-refractivity contribution in [1.29, 1.82) is 0 Å². The van der Waals surface area contributed by atoms with E-state index in [1.807, 2.05) is 6.07 Å². The van der Waals surface area contributed by atoms with Gasteiger partial charge in [0.2, 0.25) is 0 Å². The summed E-state index contributed by atoms with van der Waals surface area (Å²) in [6.07, 6.45) is 11.1. The first-order valence-electron chi connectivity index (χ1n) is 9.57. The maximum atomic E-state index is 12.7. The number of pyridine rings is 1. The molecule has 2 unspecified atom stereocenters. The van der Waals surface area contributed by atoms with Crippen LogP contribution in [0.25, 0.3) is 11.0 Å². The molecule has 1 amide bonds. The highest BCUT2D eigenvalue weighted by atomic mass is 79.9. The second kappa shape index (κ2) is 5.80. The maximum Gasteiger partial charge on any atom is 0.253 e. The number of H-pyrrole nitrogens is 1. The van der Waals surface area contributed by atoms with Gasteiger partial charge in [0.25, 0.3) is 5.91 Å². The molecule has 2 atom stereocenters. The summed E-state index contributed by atoms with van der Waals surface area (Å²) in [5.74, 6) is 1.32. The summed E-state index contributed by atoms with van der Waals surface area (Å²) in [6.45, 7) is 0.669. The summed E-state index contributed by atoms with van der Waals surface area (Å²) < 4.78 is 0.862.